The molecule has 0 spiro atoms. The third-order valence-corrected chi connectivity index (χ3v) is 6.35. The van der Waals surface area contributed by atoms with E-state index in [1.807, 2.05) is 11.8 Å². The Balaban J connectivity index is 1.72. The topological polar surface area (TPSA) is 166 Å². The molecule has 2 unspecified atom stereocenters. The smallest absolute Gasteiger partial charge is 0.352 e. The van der Waals surface area contributed by atoms with Crippen molar-refractivity contribution in [2.45, 2.75) is 38.5 Å². The summed E-state index contributed by atoms with van der Waals surface area (Å²) in [4.78, 5) is 31.7. The molecule has 0 aromatic heterocycles. The molecule has 29 heavy (non-hydrogen) atoms. The highest BCUT2D eigenvalue weighted by Gasteiger charge is 2.59. The first-order valence-electron chi connectivity index (χ1n) is 9.41. The number of hydrogen-bond acceptors (Lipinski definition) is 7. The largest absolute Gasteiger partial charge is 0.477 e. The standard InChI is InChI=1S/C17H27N5O6S/c1-8-11(14(16(25)26)22-13(8)12(9(2)23)15(22)24)7-21-5-4-10(6-21)19-17(18)20-29(3,27)28/h8-10,12-13,23H,4-7H2,1-3H3,(H,25,26)(H3,18,19,20)/t8-,9+,10-,12?,13?/m0/s1. The van der Waals surface area contributed by atoms with Crippen molar-refractivity contribution in [3.8, 4) is 0 Å². The van der Waals surface area contributed by atoms with E-state index >= 15 is 0 Å². The molecule has 0 aromatic rings. The summed E-state index contributed by atoms with van der Waals surface area (Å²) in [5.74, 6) is -2.45. The number of β-lactam (4-membered cyclic amide) rings is 1. The van der Waals surface area contributed by atoms with E-state index in [0.29, 0.717) is 31.6 Å². The van der Waals surface area contributed by atoms with E-state index < -0.39 is 28.0 Å². The van der Waals surface area contributed by atoms with Gasteiger partial charge in [0.05, 0.1) is 30.4 Å². The van der Waals surface area contributed by atoms with E-state index in [4.69, 9.17) is 5.73 Å². The highest BCUT2D eigenvalue weighted by molar-refractivity contribution is 7.89. The average molecular weight is 429 g/mol. The normalized spacial score (nSPS) is 31.7. The number of rotatable bonds is 6. The molecule has 11 nitrogen and oxygen atoms in total. The third kappa shape index (κ3) is 4.09. The molecule has 5 N–H and O–H groups in total. The second-order valence-corrected chi connectivity index (χ2v) is 9.75. The number of nitrogens with zero attached hydrogens (tertiary/aromatic N) is 3. The van der Waals surface area contributed by atoms with Gasteiger partial charge < -0.3 is 20.8 Å². The molecule has 0 aliphatic carbocycles. The SMILES string of the molecule is C[C@@H](O)C1C(=O)N2C(C(=O)O)=C(CN3CC[C@H](N=C(N)NS(C)(=O)=O)C3)[C@H](C)C12. The first kappa shape index (κ1) is 21.5. The fraction of sp³-hybridized carbons (Fsp3) is 0.706. The number of nitrogens with one attached hydrogen (secondary N) is 1. The van der Waals surface area contributed by atoms with Gasteiger partial charge in [-0.25, -0.2) is 18.2 Å². The van der Waals surface area contributed by atoms with Gasteiger partial charge in [0.2, 0.25) is 21.9 Å². The molecule has 3 rings (SSSR count). The van der Waals surface area contributed by atoms with Gasteiger partial charge in [-0.2, -0.15) is 0 Å². The number of sulfonamides is 1. The van der Waals surface area contributed by atoms with Gasteiger partial charge in [0, 0.05) is 25.6 Å². The number of aliphatic carboxylic acids is 1. The van der Waals surface area contributed by atoms with Crippen LogP contribution in [0.1, 0.15) is 20.3 Å². The minimum absolute atomic E-state index is 0.00890. The zero-order chi connectivity index (χ0) is 21.7. The number of nitrogens with two attached hydrogens (primary N) is 1. The van der Waals surface area contributed by atoms with Gasteiger partial charge >= 0.3 is 5.97 Å². The van der Waals surface area contributed by atoms with Crippen LogP contribution in [0.5, 0.6) is 0 Å². The van der Waals surface area contributed by atoms with Crippen molar-refractivity contribution in [2.24, 2.45) is 22.6 Å². The van der Waals surface area contributed by atoms with E-state index in [1.165, 1.54) is 4.90 Å². The third-order valence-electron chi connectivity index (χ3n) is 5.77. The molecule has 3 aliphatic rings. The quantitative estimate of drug-likeness (QED) is 0.216. The summed E-state index contributed by atoms with van der Waals surface area (Å²) in [7, 11) is -3.49. The summed E-state index contributed by atoms with van der Waals surface area (Å²) in [6.45, 7) is 4.92. The second kappa shape index (κ2) is 7.58. The predicted molar refractivity (Wildman–Crippen MR) is 104 cm³/mol. The maximum atomic E-state index is 12.4. The van der Waals surface area contributed by atoms with Crippen molar-refractivity contribution in [1.29, 1.82) is 0 Å². The molecule has 1 amide bonds. The molecule has 5 atom stereocenters. The number of guanidine groups is 1. The minimum Gasteiger partial charge on any atom is -0.477 e. The molecule has 2 saturated heterocycles. The number of hydrogen-bond donors (Lipinski definition) is 4. The molecular formula is C17H27N5O6S. The van der Waals surface area contributed by atoms with Crippen LogP contribution in [0.3, 0.4) is 0 Å². The number of amides is 1. The Morgan fingerprint density at radius 1 is 1.45 bits per heavy atom. The van der Waals surface area contributed by atoms with Crippen LogP contribution in [-0.2, 0) is 19.6 Å². The Morgan fingerprint density at radius 3 is 2.66 bits per heavy atom. The van der Waals surface area contributed by atoms with Crippen LogP contribution < -0.4 is 10.5 Å². The minimum atomic E-state index is -3.49. The molecule has 0 saturated carbocycles. The van der Waals surface area contributed by atoms with Crippen LogP contribution >= 0.6 is 0 Å². The van der Waals surface area contributed by atoms with Gasteiger partial charge in [-0.3, -0.25) is 14.4 Å². The maximum absolute atomic E-state index is 12.4. The Labute approximate surface area is 169 Å². The number of likely N-dealkylation sites (tertiary alicyclic amines) is 1. The fourth-order valence-electron chi connectivity index (χ4n) is 4.57. The number of fused-ring (bicyclic) bond motifs is 1. The summed E-state index contributed by atoms with van der Waals surface area (Å²) in [5, 5.41) is 19.6. The van der Waals surface area contributed by atoms with Gasteiger partial charge in [-0.05, 0) is 18.9 Å². The molecule has 3 aliphatic heterocycles. The van der Waals surface area contributed by atoms with Crippen LogP contribution in [0.15, 0.2) is 16.3 Å². The lowest BCUT2D eigenvalue weighted by atomic mass is 9.77. The number of carbonyl (C=O) groups excluding carboxylic acids is 1. The number of carboxylic acid groups (broad SMARTS) is 1. The number of carboxylic acids is 1. The summed E-state index contributed by atoms with van der Waals surface area (Å²) < 4.78 is 24.6. The van der Waals surface area contributed by atoms with Crippen molar-refractivity contribution in [3.63, 3.8) is 0 Å². The van der Waals surface area contributed by atoms with Gasteiger partial charge in [-0.15, -0.1) is 0 Å². The van der Waals surface area contributed by atoms with Crippen molar-refractivity contribution >= 4 is 27.9 Å². The van der Waals surface area contributed by atoms with E-state index in [2.05, 4.69) is 9.71 Å². The summed E-state index contributed by atoms with van der Waals surface area (Å²) in [6, 6.07) is -0.548. The monoisotopic (exact) mass is 429 g/mol. The Kier molecular flexibility index (Phi) is 5.62. The van der Waals surface area contributed by atoms with Crippen LogP contribution in [0.25, 0.3) is 0 Å². The van der Waals surface area contributed by atoms with Crippen molar-refractivity contribution in [1.82, 2.24) is 14.5 Å². The molecule has 3 heterocycles. The van der Waals surface area contributed by atoms with E-state index in [1.54, 1.807) is 6.92 Å². The number of carbonyl (C=O) groups is 2. The van der Waals surface area contributed by atoms with Gasteiger partial charge in [0.1, 0.15) is 5.70 Å². The maximum Gasteiger partial charge on any atom is 0.352 e. The molecule has 0 radical (unpaired) electrons. The summed E-state index contributed by atoms with van der Waals surface area (Å²) in [5.41, 5.74) is 6.29. The molecule has 162 valence electrons. The van der Waals surface area contributed by atoms with Crippen molar-refractivity contribution in [2.75, 3.05) is 25.9 Å². The van der Waals surface area contributed by atoms with Crippen LogP contribution in [0.4, 0.5) is 0 Å². The van der Waals surface area contributed by atoms with E-state index in [9.17, 15) is 28.2 Å². The zero-order valence-electron chi connectivity index (χ0n) is 16.6. The lowest BCUT2D eigenvalue weighted by molar-refractivity contribution is -0.163. The van der Waals surface area contributed by atoms with Crippen LogP contribution in [-0.4, -0.2) is 90.3 Å². The van der Waals surface area contributed by atoms with E-state index in [-0.39, 0.29) is 35.6 Å². The lowest BCUT2D eigenvalue weighted by Crippen LogP contribution is -2.63. The molecule has 0 bridgehead atoms. The number of aliphatic hydroxyl groups is 1. The van der Waals surface area contributed by atoms with Gasteiger partial charge in [-0.1, -0.05) is 6.92 Å². The molecule has 0 aromatic carbocycles. The van der Waals surface area contributed by atoms with Crippen LogP contribution in [0.2, 0.25) is 0 Å². The number of aliphatic hydroxyl groups excluding tert-OH is 1. The second-order valence-electron chi connectivity index (χ2n) is 8.00. The first-order chi connectivity index (χ1) is 13.4. The van der Waals surface area contributed by atoms with Gasteiger partial charge in [0.15, 0.2) is 0 Å². The zero-order valence-corrected chi connectivity index (χ0v) is 17.4. The highest BCUT2D eigenvalue weighted by Crippen LogP contribution is 2.47. The van der Waals surface area contributed by atoms with Crippen molar-refractivity contribution < 1.29 is 28.2 Å². The van der Waals surface area contributed by atoms with E-state index in [0.717, 1.165) is 6.26 Å². The highest BCUT2D eigenvalue weighted by atomic mass is 32.2. The number of aliphatic imine (C=N–C) groups is 1. The lowest BCUT2D eigenvalue weighted by Gasteiger charge is -2.46. The van der Waals surface area contributed by atoms with Gasteiger partial charge in [0.25, 0.3) is 0 Å². The van der Waals surface area contributed by atoms with Crippen LogP contribution in [0, 0.1) is 11.8 Å². The molecule has 12 heteroatoms. The Bertz CT molecular complexity index is 883. The average Bonchev–Trinajstić information content (AvgIpc) is 3.07. The fourth-order valence-corrected chi connectivity index (χ4v) is 5.00. The molecule has 2 fully saturated rings. The molecular weight excluding hydrogens is 402 g/mol. The predicted octanol–water partition coefficient (Wildman–Crippen LogP) is -1.88. The first-order valence-corrected chi connectivity index (χ1v) is 11.3. The summed E-state index contributed by atoms with van der Waals surface area (Å²) >= 11 is 0. The Morgan fingerprint density at radius 2 is 2.10 bits per heavy atom. The summed E-state index contributed by atoms with van der Waals surface area (Å²) in [6.07, 6.45) is 0.804. The Hall–Kier alpha value is -2.18. The van der Waals surface area contributed by atoms with Crippen molar-refractivity contribution in [3.05, 3.63) is 11.3 Å².